The Hall–Kier alpha value is -0.410. The number of nitrogens with one attached hydrogen (secondary N) is 1. The molecule has 0 aliphatic heterocycles. The summed E-state index contributed by atoms with van der Waals surface area (Å²) in [6, 6.07) is 4.68. The van der Waals surface area contributed by atoms with Gasteiger partial charge in [0.1, 0.15) is 11.5 Å². The highest BCUT2D eigenvalue weighted by molar-refractivity contribution is 7.97. The predicted octanol–water partition coefficient (Wildman–Crippen LogP) is 3.03. The van der Waals surface area contributed by atoms with Gasteiger partial charge in [-0.05, 0) is 31.7 Å². The van der Waals surface area contributed by atoms with Crippen LogP contribution in [0.15, 0.2) is 16.5 Å². The van der Waals surface area contributed by atoms with Gasteiger partial charge in [-0.2, -0.15) is 11.8 Å². The van der Waals surface area contributed by atoms with E-state index in [1.54, 1.807) is 11.8 Å². The van der Waals surface area contributed by atoms with Crippen LogP contribution in [-0.2, 0) is 12.3 Å². The van der Waals surface area contributed by atoms with Crippen LogP contribution < -0.4 is 5.32 Å². The van der Waals surface area contributed by atoms with Crippen LogP contribution in [0.1, 0.15) is 31.8 Å². The Morgan fingerprint density at radius 2 is 2.14 bits per heavy atom. The van der Waals surface area contributed by atoms with Crippen molar-refractivity contribution in [2.75, 3.05) is 6.26 Å². The molecule has 0 fully saturated rings. The predicted molar refractivity (Wildman–Crippen MR) is 62.5 cm³/mol. The first-order valence-electron chi connectivity index (χ1n) is 5.06. The van der Waals surface area contributed by atoms with Gasteiger partial charge >= 0.3 is 0 Å². The summed E-state index contributed by atoms with van der Waals surface area (Å²) in [5.41, 5.74) is 0. The van der Waals surface area contributed by atoms with Crippen molar-refractivity contribution in [2.45, 2.75) is 38.6 Å². The number of furan rings is 1. The van der Waals surface area contributed by atoms with Crippen LogP contribution in [0.5, 0.6) is 0 Å². The van der Waals surface area contributed by atoms with Crippen LogP contribution in [0, 0.1) is 0 Å². The monoisotopic (exact) mass is 213 g/mol. The molecule has 1 heterocycles. The van der Waals surface area contributed by atoms with Gasteiger partial charge < -0.3 is 9.73 Å². The zero-order valence-corrected chi connectivity index (χ0v) is 9.99. The standard InChI is InChI=1S/C11H19NOS/c1-4-9(2)12-7-10-5-6-11(13-10)8-14-3/h5-6,9,12H,4,7-8H2,1-3H3. The maximum Gasteiger partial charge on any atom is 0.118 e. The Bertz CT molecular complexity index is 260. The third kappa shape index (κ3) is 3.76. The van der Waals surface area contributed by atoms with E-state index in [4.69, 9.17) is 4.42 Å². The van der Waals surface area contributed by atoms with Crippen molar-refractivity contribution in [2.24, 2.45) is 0 Å². The fraction of sp³-hybridized carbons (Fsp3) is 0.636. The van der Waals surface area contributed by atoms with E-state index in [0.29, 0.717) is 6.04 Å². The fourth-order valence-electron chi connectivity index (χ4n) is 1.16. The quantitative estimate of drug-likeness (QED) is 0.786. The molecule has 0 bridgehead atoms. The van der Waals surface area contributed by atoms with Crippen molar-refractivity contribution >= 4 is 11.8 Å². The molecule has 2 nitrogen and oxygen atoms in total. The van der Waals surface area contributed by atoms with Crippen LogP contribution in [0.25, 0.3) is 0 Å². The van der Waals surface area contributed by atoms with Crippen molar-refractivity contribution < 1.29 is 4.42 Å². The van der Waals surface area contributed by atoms with E-state index in [9.17, 15) is 0 Å². The second-order valence-electron chi connectivity index (χ2n) is 3.49. The highest BCUT2D eigenvalue weighted by Crippen LogP contribution is 2.13. The molecule has 1 unspecified atom stereocenters. The van der Waals surface area contributed by atoms with Crippen LogP contribution in [0.2, 0.25) is 0 Å². The van der Waals surface area contributed by atoms with E-state index in [2.05, 4.69) is 37.6 Å². The highest BCUT2D eigenvalue weighted by Gasteiger charge is 2.02. The Kier molecular flexibility index (Phi) is 5.12. The minimum absolute atomic E-state index is 0.559. The molecule has 0 saturated heterocycles. The van der Waals surface area contributed by atoms with Gasteiger partial charge in [0.25, 0.3) is 0 Å². The minimum atomic E-state index is 0.559. The molecule has 0 saturated carbocycles. The molecule has 1 aromatic heterocycles. The molecule has 1 aromatic rings. The lowest BCUT2D eigenvalue weighted by atomic mass is 10.2. The largest absolute Gasteiger partial charge is 0.464 e. The summed E-state index contributed by atoms with van der Waals surface area (Å²) in [7, 11) is 0. The van der Waals surface area contributed by atoms with Gasteiger partial charge in [-0.25, -0.2) is 0 Å². The van der Waals surface area contributed by atoms with Gasteiger partial charge in [-0.15, -0.1) is 0 Å². The summed E-state index contributed by atoms with van der Waals surface area (Å²) in [4.78, 5) is 0. The first-order chi connectivity index (χ1) is 6.76. The molecule has 80 valence electrons. The SMILES string of the molecule is CCC(C)NCc1ccc(CSC)o1. The third-order valence-corrected chi connectivity index (χ3v) is 2.81. The van der Waals surface area contributed by atoms with Crippen molar-refractivity contribution in [1.82, 2.24) is 5.32 Å². The Balaban J connectivity index is 2.35. The van der Waals surface area contributed by atoms with Crippen LogP contribution >= 0.6 is 11.8 Å². The average Bonchev–Trinajstić information content (AvgIpc) is 2.63. The van der Waals surface area contributed by atoms with E-state index in [0.717, 1.165) is 30.2 Å². The third-order valence-electron chi connectivity index (χ3n) is 2.24. The van der Waals surface area contributed by atoms with E-state index in [1.165, 1.54) is 0 Å². The van der Waals surface area contributed by atoms with Gasteiger partial charge in [0, 0.05) is 6.04 Å². The topological polar surface area (TPSA) is 25.2 Å². The molecule has 0 aliphatic rings. The van der Waals surface area contributed by atoms with E-state index >= 15 is 0 Å². The molecule has 14 heavy (non-hydrogen) atoms. The van der Waals surface area contributed by atoms with Crippen LogP contribution in [0.3, 0.4) is 0 Å². The Labute approximate surface area is 90.5 Å². The van der Waals surface area contributed by atoms with Gasteiger partial charge in [0.15, 0.2) is 0 Å². The van der Waals surface area contributed by atoms with Gasteiger partial charge in [-0.3, -0.25) is 0 Å². The van der Waals surface area contributed by atoms with Crippen molar-refractivity contribution in [3.63, 3.8) is 0 Å². The van der Waals surface area contributed by atoms with Crippen LogP contribution in [0.4, 0.5) is 0 Å². The highest BCUT2D eigenvalue weighted by atomic mass is 32.2. The van der Waals surface area contributed by atoms with E-state index in [-0.39, 0.29) is 0 Å². The zero-order chi connectivity index (χ0) is 10.4. The maximum atomic E-state index is 5.64. The molecule has 0 spiro atoms. The summed E-state index contributed by atoms with van der Waals surface area (Å²) < 4.78 is 5.64. The number of rotatable bonds is 6. The lowest BCUT2D eigenvalue weighted by Crippen LogP contribution is -2.24. The summed E-state index contributed by atoms with van der Waals surface area (Å²) in [5, 5.41) is 3.40. The Morgan fingerprint density at radius 1 is 1.43 bits per heavy atom. The van der Waals surface area contributed by atoms with E-state index < -0.39 is 0 Å². The second kappa shape index (κ2) is 6.14. The van der Waals surface area contributed by atoms with Crippen LogP contribution in [-0.4, -0.2) is 12.3 Å². The number of hydrogen-bond acceptors (Lipinski definition) is 3. The van der Waals surface area contributed by atoms with Gasteiger partial charge in [0.2, 0.25) is 0 Å². The first kappa shape index (κ1) is 11.7. The summed E-state index contributed by atoms with van der Waals surface area (Å²) in [5.74, 6) is 3.07. The molecule has 0 aliphatic carbocycles. The molecule has 1 atom stereocenters. The zero-order valence-electron chi connectivity index (χ0n) is 9.17. The van der Waals surface area contributed by atoms with Crippen molar-refractivity contribution in [1.29, 1.82) is 0 Å². The smallest absolute Gasteiger partial charge is 0.118 e. The normalized spacial score (nSPS) is 13.1. The molecule has 1 rings (SSSR count). The van der Waals surface area contributed by atoms with E-state index in [1.807, 2.05) is 0 Å². The summed E-state index contributed by atoms with van der Waals surface area (Å²) in [6.07, 6.45) is 3.23. The Morgan fingerprint density at radius 3 is 2.79 bits per heavy atom. The number of thioether (sulfide) groups is 1. The molecule has 1 N–H and O–H groups in total. The lowest BCUT2D eigenvalue weighted by Gasteiger charge is -2.08. The average molecular weight is 213 g/mol. The molecule has 0 radical (unpaired) electrons. The molecule has 3 heteroatoms. The molecular formula is C11H19NOS. The summed E-state index contributed by atoms with van der Waals surface area (Å²) in [6.45, 7) is 5.20. The number of hydrogen-bond donors (Lipinski definition) is 1. The second-order valence-corrected chi connectivity index (χ2v) is 4.36. The van der Waals surface area contributed by atoms with Gasteiger partial charge in [0.05, 0.1) is 12.3 Å². The van der Waals surface area contributed by atoms with Crippen molar-refractivity contribution in [3.05, 3.63) is 23.7 Å². The lowest BCUT2D eigenvalue weighted by molar-refractivity contribution is 0.434. The molecule has 0 amide bonds. The first-order valence-corrected chi connectivity index (χ1v) is 6.45. The van der Waals surface area contributed by atoms with Gasteiger partial charge in [-0.1, -0.05) is 6.92 Å². The minimum Gasteiger partial charge on any atom is -0.464 e. The molecular weight excluding hydrogens is 194 g/mol. The summed E-state index contributed by atoms with van der Waals surface area (Å²) >= 11 is 1.78. The fourth-order valence-corrected chi connectivity index (χ4v) is 1.60. The van der Waals surface area contributed by atoms with Crippen molar-refractivity contribution in [3.8, 4) is 0 Å². The maximum absolute atomic E-state index is 5.64. The molecule has 0 aromatic carbocycles.